The topological polar surface area (TPSA) is 97.0 Å². The van der Waals surface area contributed by atoms with Crippen molar-refractivity contribution in [2.24, 2.45) is 0 Å². The SMILES string of the molecule is CCN(CC1COc2ccccc2O1)C(=O)NCc1cccc(S(=O)(=O)NC)c1. The van der Waals surface area contributed by atoms with Crippen molar-refractivity contribution in [1.82, 2.24) is 14.9 Å². The van der Waals surface area contributed by atoms with E-state index in [1.54, 1.807) is 17.0 Å². The predicted molar refractivity (Wildman–Crippen MR) is 109 cm³/mol. The Morgan fingerprint density at radius 2 is 1.93 bits per heavy atom. The molecule has 2 aromatic carbocycles. The van der Waals surface area contributed by atoms with Crippen molar-refractivity contribution in [2.75, 3.05) is 26.7 Å². The van der Waals surface area contributed by atoms with Gasteiger partial charge in [-0.1, -0.05) is 24.3 Å². The highest BCUT2D eigenvalue weighted by Crippen LogP contribution is 2.31. The van der Waals surface area contributed by atoms with Gasteiger partial charge in [0, 0.05) is 13.1 Å². The first kappa shape index (κ1) is 20.9. The van der Waals surface area contributed by atoms with E-state index in [1.807, 2.05) is 31.2 Å². The molecule has 1 atom stereocenters. The molecule has 2 aromatic rings. The molecule has 1 aliphatic heterocycles. The Kier molecular flexibility index (Phi) is 6.60. The molecule has 2 N–H and O–H groups in total. The number of nitrogens with zero attached hydrogens (tertiary/aromatic N) is 1. The summed E-state index contributed by atoms with van der Waals surface area (Å²) in [5.74, 6) is 1.37. The zero-order valence-electron chi connectivity index (χ0n) is 16.4. The third kappa shape index (κ3) is 5.18. The van der Waals surface area contributed by atoms with Crippen molar-refractivity contribution in [1.29, 1.82) is 0 Å². The lowest BCUT2D eigenvalue weighted by Gasteiger charge is -2.31. The number of hydrogen-bond acceptors (Lipinski definition) is 5. The van der Waals surface area contributed by atoms with Crippen LogP contribution in [-0.4, -0.2) is 52.2 Å². The highest BCUT2D eigenvalue weighted by Gasteiger charge is 2.24. The van der Waals surface area contributed by atoms with Gasteiger partial charge in [0.1, 0.15) is 6.61 Å². The summed E-state index contributed by atoms with van der Waals surface area (Å²) in [6.45, 7) is 3.35. The molecular formula is C20H25N3O5S. The van der Waals surface area contributed by atoms with Gasteiger partial charge in [0.25, 0.3) is 0 Å². The van der Waals surface area contributed by atoms with Crippen LogP contribution in [0, 0.1) is 0 Å². The lowest BCUT2D eigenvalue weighted by Crippen LogP contribution is -2.47. The van der Waals surface area contributed by atoms with Gasteiger partial charge in [-0.15, -0.1) is 0 Å². The van der Waals surface area contributed by atoms with Gasteiger partial charge in [0.2, 0.25) is 10.0 Å². The fourth-order valence-corrected chi connectivity index (χ4v) is 3.78. The molecule has 0 fully saturated rings. The van der Waals surface area contributed by atoms with Gasteiger partial charge in [-0.25, -0.2) is 17.9 Å². The van der Waals surface area contributed by atoms with Gasteiger partial charge in [0.15, 0.2) is 17.6 Å². The molecule has 8 nitrogen and oxygen atoms in total. The summed E-state index contributed by atoms with van der Waals surface area (Å²) in [5, 5.41) is 2.83. The molecule has 0 aliphatic carbocycles. The maximum absolute atomic E-state index is 12.6. The molecule has 0 bridgehead atoms. The monoisotopic (exact) mass is 419 g/mol. The molecule has 0 saturated heterocycles. The number of urea groups is 1. The Hall–Kier alpha value is -2.78. The molecule has 0 saturated carbocycles. The Morgan fingerprint density at radius 3 is 2.66 bits per heavy atom. The lowest BCUT2D eigenvalue weighted by molar-refractivity contribution is 0.0675. The minimum absolute atomic E-state index is 0.158. The lowest BCUT2D eigenvalue weighted by atomic mass is 10.2. The normalized spacial score (nSPS) is 15.6. The molecule has 0 aromatic heterocycles. The van der Waals surface area contributed by atoms with Crippen LogP contribution in [0.3, 0.4) is 0 Å². The largest absolute Gasteiger partial charge is 0.486 e. The van der Waals surface area contributed by atoms with Gasteiger partial charge in [0.05, 0.1) is 11.4 Å². The van der Waals surface area contributed by atoms with Crippen molar-refractivity contribution >= 4 is 16.1 Å². The van der Waals surface area contributed by atoms with Crippen LogP contribution >= 0.6 is 0 Å². The first-order valence-electron chi connectivity index (χ1n) is 9.36. The molecular weight excluding hydrogens is 394 g/mol. The number of ether oxygens (including phenoxy) is 2. The third-order valence-corrected chi connectivity index (χ3v) is 5.99. The number of carbonyl (C=O) groups excluding carboxylic acids is 1. The number of para-hydroxylation sites is 2. The summed E-state index contributed by atoms with van der Waals surface area (Å²) < 4.78 is 37.7. The first-order chi connectivity index (χ1) is 13.9. The second kappa shape index (κ2) is 9.15. The molecule has 0 radical (unpaired) electrons. The van der Waals surface area contributed by atoms with Crippen LogP contribution in [0.1, 0.15) is 12.5 Å². The molecule has 2 amide bonds. The summed E-state index contributed by atoms with van der Waals surface area (Å²) in [7, 11) is -2.17. The van der Waals surface area contributed by atoms with Gasteiger partial charge in [-0.2, -0.15) is 0 Å². The number of nitrogens with one attached hydrogen (secondary N) is 2. The second-order valence-electron chi connectivity index (χ2n) is 6.55. The number of fused-ring (bicyclic) bond motifs is 1. The smallest absolute Gasteiger partial charge is 0.317 e. The minimum atomic E-state index is -3.53. The zero-order valence-corrected chi connectivity index (χ0v) is 17.2. The number of amides is 2. The van der Waals surface area contributed by atoms with Crippen LogP contribution in [-0.2, 0) is 16.6 Å². The van der Waals surface area contributed by atoms with E-state index in [4.69, 9.17) is 9.47 Å². The van der Waals surface area contributed by atoms with Crippen molar-refractivity contribution in [3.05, 3.63) is 54.1 Å². The Bertz CT molecular complexity index is 964. The predicted octanol–water partition coefficient (Wildman–Crippen LogP) is 1.97. The fourth-order valence-electron chi connectivity index (χ4n) is 2.98. The number of benzene rings is 2. The van der Waals surface area contributed by atoms with E-state index in [1.165, 1.54) is 19.2 Å². The Morgan fingerprint density at radius 1 is 1.17 bits per heavy atom. The Balaban J connectivity index is 1.58. The number of carbonyl (C=O) groups is 1. The molecule has 1 unspecified atom stereocenters. The highest BCUT2D eigenvalue weighted by molar-refractivity contribution is 7.89. The van der Waals surface area contributed by atoms with Gasteiger partial charge >= 0.3 is 6.03 Å². The standard InChI is InChI=1S/C20H25N3O5S/c1-3-23(13-16-14-27-18-9-4-5-10-19(18)28-16)20(24)22-12-15-7-6-8-17(11-15)29(25,26)21-2/h4-11,16,21H,3,12-14H2,1-2H3,(H,22,24). The van der Waals surface area contributed by atoms with Crippen LogP contribution in [0.4, 0.5) is 4.79 Å². The van der Waals surface area contributed by atoms with E-state index in [0.29, 0.717) is 36.8 Å². The van der Waals surface area contributed by atoms with Crippen molar-refractivity contribution < 1.29 is 22.7 Å². The average Bonchev–Trinajstić information content (AvgIpc) is 2.75. The van der Waals surface area contributed by atoms with E-state index in [0.717, 1.165) is 0 Å². The molecule has 0 spiro atoms. The summed E-state index contributed by atoms with van der Waals surface area (Å²) in [6.07, 6.45) is -0.264. The maximum atomic E-state index is 12.6. The third-order valence-electron chi connectivity index (χ3n) is 4.58. The number of rotatable bonds is 7. The van der Waals surface area contributed by atoms with Crippen molar-refractivity contribution in [3.63, 3.8) is 0 Å². The molecule has 9 heteroatoms. The van der Waals surface area contributed by atoms with Crippen LogP contribution in [0.25, 0.3) is 0 Å². The summed E-state index contributed by atoms with van der Waals surface area (Å²) >= 11 is 0. The zero-order chi connectivity index (χ0) is 20.9. The molecule has 3 rings (SSSR count). The number of likely N-dealkylation sites (N-methyl/N-ethyl adjacent to an activating group) is 1. The summed E-state index contributed by atoms with van der Waals surface area (Å²) in [4.78, 5) is 14.4. The summed E-state index contributed by atoms with van der Waals surface area (Å²) in [5.41, 5.74) is 0.692. The molecule has 1 heterocycles. The number of hydrogen-bond donors (Lipinski definition) is 2. The molecule has 29 heavy (non-hydrogen) atoms. The van der Waals surface area contributed by atoms with Crippen LogP contribution < -0.4 is 19.5 Å². The van der Waals surface area contributed by atoms with Crippen molar-refractivity contribution in [2.45, 2.75) is 24.5 Å². The first-order valence-corrected chi connectivity index (χ1v) is 10.8. The van der Waals surface area contributed by atoms with Crippen LogP contribution in [0.5, 0.6) is 11.5 Å². The minimum Gasteiger partial charge on any atom is -0.486 e. The quantitative estimate of drug-likeness (QED) is 0.715. The van der Waals surface area contributed by atoms with E-state index in [9.17, 15) is 13.2 Å². The Labute approximate surface area is 170 Å². The van der Waals surface area contributed by atoms with Gasteiger partial charge < -0.3 is 19.7 Å². The van der Waals surface area contributed by atoms with Gasteiger partial charge in [-0.3, -0.25) is 0 Å². The van der Waals surface area contributed by atoms with Crippen LogP contribution in [0.2, 0.25) is 0 Å². The maximum Gasteiger partial charge on any atom is 0.317 e. The molecule has 1 aliphatic rings. The summed E-state index contributed by atoms with van der Waals surface area (Å²) in [6, 6.07) is 13.6. The van der Waals surface area contributed by atoms with E-state index >= 15 is 0 Å². The van der Waals surface area contributed by atoms with E-state index < -0.39 is 10.0 Å². The van der Waals surface area contributed by atoms with Gasteiger partial charge in [-0.05, 0) is 43.8 Å². The number of sulfonamides is 1. The fraction of sp³-hybridized carbons (Fsp3) is 0.350. The van der Waals surface area contributed by atoms with E-state index in [2.05, 4.69) is 10.0 Å². The second-order valence-corrected chi connectivity index (χ2v) is 8.44. The molecule has 156 valence electrons. The average molecular weight is 420 g/mol. The van der Waals surface area contributed by atoms with Crippen molar-refractivity contribution in [3.8, 4) is 11.5 Å². The highest BCUT2D eigenvalue weighted by atomic mass is 32.2. The van der Waals surface area contributed by atoms with E-state index in [-0.39, 0.29) is 23.6 Å². The van der Waals surface area contributed by atoms with Crippen LogP contribution in [0.15, 0.2) is 53.4 Å².